The van der Waals surface area contributed by atoms with Gasteiger partial charge in [-0.3, -0.25) is 0 Å². The molecule has 2 aromatic rings. The van der Waals surface area contributed by atoms with Crippen molar-refractivity contribution >= 4 is 44.6 Å². The molecular formula is C13H12BrClFNS. The van der Waals surface area contributed by atoms with Crippen LogP contribution in [0.4, 0.5) is 10.1 Å². The lowest BCUT2D eigenvalue weighted by Crippen LogP contribution is -1.99. The molecule has 0 amide bonds. The van der Waals surface area contributed by atoms with Gasteiger partial charge in [0, 0.05) is 20.8 Å². The molecular weight excluding hydrogens is 337 g/mol. The number of hydrogen-bond donors (Lipinski definition) is 1. The molecule has 0 aliphatic heterocycles. The van der Waals surface area contributed by atoms with Crippen LogP contribution in [0.15, 0.2) is 28.7 Å². The van der Waals surface area contributed by atoms with Crippen LogP contribution in [0.25, 0.3) is 0 Å². The Hall–Kier alpha value is -0.580. The number of anilines is 1. The van der Waals surface area contributed by atoms with Crippen LogP contribution in [-0.2, 0) is 13.0 Å². The summed E-state index contributed by atoms with van der Waals surface area (Å²) in [6.45, 7) is 2.82. The first-order valence-electron chi connectivity index (χ1n) is 5.56. The van der Waals surface area contributed by atoms with Crippen molar-refractivity contribution in [3.8, 4) is 0 Å². The van der Waals surface area contributed by atoms with Crippen LogP contribution in [0, 0.1) is 5.82 Å². The second-order valence-electron chi connectivity index (χ2n) is 3.82. The zero-order valence-corrected chi connectivity index (χ0v) is 12.9. The molecule has 1 aromatic heterocycles. The SMILES string of the molecule is CCc1ccc(CNc2c(Cl)cc(F)cc2Br)s1. The first-order valence-corrected chi connectivity index (χ1v) is 7.55. The molecule has 0 spiro atoms. The summed E-state index contributed by atoms with van der Waals surface area (Å²) >= 11 is 11.1. The number of hydrogen-bond acceptors (Lipinski definition) is 2. The van der Waals surface area contributed by atoms with Gasteiger partial charge in [-0.15, -0.1) is 11.3 Å². The smallest absolute Gasteiger partial charge is 0.125 e. The van der Waals surface area contributed by atoms with E-state index in [1.54, 1.807) is 11.3 Å². The van der Waals surface area contributed by atoms with E-state index in [-0.39, 0.29) is 5.82 Å². The topological polar surface area (TPSA) is 12.0 Å². The predicted molar refractivity (Wildman–Crippen MR) is 80.1 cm³/mol. The fourth-order valence-electron chi connectivity index (χ4n) is 1.59. The van der Waals surface area contributed by atoms with Crippen molar-refractivity contribution in [2.45, 2.75) is 19.9 Å². The summed E-state index contributed by atoms with van der Waals surface area (Å²) in [7, 11) is 0. The van der Waals surface area contributed by atoms with E-state index in [1.165, 1.54) is 21.9 Å². The zero-order valence-electron chi connectivity index (χ0n) is 9.77. The van der Waals surface area contributed by atoms with Gasteiger partial charge in [0.15, 0.2) is 0 Å². The van der Waals surface area contributed by atoms with Gasteiger partial charge >= 0.3 is 0 Å². The van der Waals surface area contributed by atoms with Gasteiger partial charge in [0.05, 0.1) is 10.7 Å². The minimum atomic E-state index is -0.346. The van der Waals surface area contributed by atoms with E-state index in [0.29, 0.717) is 16.0 Å². The Labute approximate surface area is 123 Å². The molecule has 1 heterocycles. The van der Waals surface area contributed by atoms with Gasteiger partial charge in [-0.2, -0.15) is 0 Å². The third-order valence-corrected chi connectivity index (χ3v) is 4.67. The molecule has 18 heavy (non-hydrogen) atoms. The predicted octanol–water partition coefficient (Wildman–Crippen LogP) is 5.48. The summed E-state index contributed by atoms with van der Waals surface area (Å²) in [5.41, 5.74) is 0.726. The lowest BCUT2D eigenvalue weighted by atomic mass is 10.3. The molecule has 1 aromatic carbocycles. The van der Waals surface area contributed by atoms with E-state index in [1.807, 2.05) is 0 Å². The van der Waals surface area contributed by atoms with E-state index in [4.69, 9.17) is 11.6 Å². The van der Waals surface area contributed by atoms with E-state index >= 15 is 0 Å². The van der Waals surface area contributed by atoms with E-state index in [9.17, 15) is 4.39 Å². The molecule has 0 radical (unpaired) electrons. The average Bonchev–Trinajstić information content (AvgIpc) is 2.75. The fourth-order valence-corrected chi connectivity index (χ4v) is 3.45. The van der Waals surface area contributed by atoms with Crippen LogP contribution in [0.5, 0.6) is 0 Å². The first-order chi connectivity index (χ1) is 8.60. The number of thiophene rings is 1. The maximum Gasteiger partial charge on any atom is 0.125 e. The fraction of sp³-hybridized carbons (Fsp3) is 0.231. The van der Waals surface area contributed by atoms with Gasteiger partial charge in [0.25, 0.3) is 0 Å². The highest BCUT2D eigenvalue weighted by Gasteiger charge is 2.08. The number of benzene rings is 1. The van der Waals surface area contributed by atoms with Crippen LogP contribution in [0.1, 0.15) is 16.7 Å². The number of halogens is 3. The summed E-state index contributed by atoms with van der Waals surface area (Å²) < 4.78 is 13.7. The highest BCUT2D eigenvalue weighted by molar-refractivity contribution is 9.10. The molecule has 0 unspecified atom stereocenters. The van der Waals surface area contributed by atoms with Crippen molar-refractivity contribution in [2.75, 3.05) is 5.32 Å². The van der Waals surface area contributed by atoms with Gasteiger partial charge in [-0.1, -0.05) is 18.5 Å². The highest BCUT2D eigenvalue weighted by atomic mass is 79.9. The van der Waals surface area contributed by atoms with E-state index < -0.39 is 0 Å². The van der Waals surface area contributed by atoms with Crippen molar-refractivity contribution in [1.82, 2.24) is 0 Å². The molecule has 0 atom stereocenters. The number of rotatable bonds is 4. The van der Waals surface area contributed by atoms with Gasteiger partial charge < -0.3 is 5.32 Å². The van der Waals surface area contributed by atoms with Crippen molar-refractivity contribution in [3.05, 3.63) is 49.3 Å². The molecule has 0 aliphatic rings. The third kappa shape index (κ3) is 3.25. The first kappa shape index (κ1) is 13.8. The minimum Gasteiger partial charge on any atom is -0.378 e. The third-order valence-electron chi connectivity index (χ3n) is 2.51. The number of nitrogens with one attached hydrogen (secondary N) is 1. The minimum absolute atomic E-state index is 0.346. The van der Waals surface area contributed by atoms with Gasteiger partial charge in [0.1, 0.15) is 5.82 Å². The summed E-state index contributed by atoms with van der Waals surface area (Å²) in [5.74, 6) is -0.346. The second-order valence-corrected chi connectivity index (χ2v) is 6.33. The molecule has 0 aliphatic carbocycles. The Balaban J connectivity index is 2.10. The van der Waals surface area contributed by atoms with Crippen LogP contribution < -0.4 is 5.32 Å². The maximum absolute atomic E-state index is 13.1. The summed E-state index contributed by atoms with van der Waals surface area (Å²) in [4.78, 5) is 2.59. The largest absolute Gasteiger partial charge is 0.378 e. The van der Waals surface area contributed by atoms with Gasteiger partial charge in [0.2, 0.25) is 0 Å². The lowest BCUT2D eigenvalue weighted by Gasteiger charge is -2.09. The van der Waals surface area contributed by atoms with E-state index in [0.717, 1.165) is 12.1 Å². The van der Waals surface area contributed by atoms with Crippen molar-refractivity contribution in [2.24, 2.45) is 0 Å². The normalized spacial score (nSPS) is 10.7. The summed E-state index contributed by atoms with van der Waals surface area (Å²) in [5, 5.41) is 3.61. The van der Waals surface area contributed by atoms with Gasteiger partial charge in [-0.05, 0) is 46.6 Å². The van der Waals surface area contributed by atoms with E-state index in [2.05, 4.69) is 40.3 Å². The molecule has 0 saturated heterocycles. The Kier molecular flexibility index (Phi) is 4.65. The molecule has 1 N–H and O–H groups in total. The molecule has 1 nitrogen and oxygen atoms in total. The quantitative estimate of drug-likeness (QED) is 0.771. The van der Waals surface area contributed by atoms with Crippen LogP contribution in [0.2, 0.25) is 5.02 Å². The van der Waals surface area contributed by atoms with Crippen molar-refractivity contribution in [3.63, 3.8) is 0 Å². The Bertz CT molecular complexity index is 533. The highest BCUT2D eigenvalue weighted by Crippen LogP contribution is 2.32. The Morgan fingerprint density at radius 3 is 2.67 bits per heavy atom. The summed E-state index contributed by atoms with van der Waals surface area (Å²) in [6.07, 6.45) is 1.05. The molecule has 0 bridgehead atoms. The Morgan fingerprint density at radius 2 is 2.06 bits per heavy atom. The molecule has 0 saturated carbocycles. The van der Waals surface area contributed by atoms with Crippen LogP contribution in [-0.4, -0.2) is 0 Å². The Morgan fingerprint density at radius 1 is 1.33 bits per heavy atom. The summed E-state index contributed by atoms with van der Waals surface area (Å²) in [6, 6.07) is 6.94. The van der Waals surface area contributed by atoms with Crippen LogP contribution in [0.3, 0.4) is 0 Å². The maximum atomic E-state index is 13.1. The molecule has 0 fully saturated rings. The zero-order chi connectivity index (χ0) is 13.1. The standard InChI is InChI=1S/C13H12BrClFNS/c1-2-9-3-4-10(18-9)7-17-13-11(14)5-8(16)6-12(13)15/h3-6,17H,2,7H2,1H3. The average molecular weight is 349 g/mol. The lowest BCUT2D eigenvalue weighted by molar-refractivity contribution is 0.627. The monoisotopic (exact) mass is 347 g/mol. The molecule has 2 rings (SSSR count). The molecule has 96 valence electrons. The number of aryl methyl sites for hydroxylation is 1. The van der Waals surface area contributed by atoms with Crippen molar-refractivity contribution in [1.29, 1.82) is 0 Å². The van der Waals surface area contributed by atoms with Crippen LogP contribution >= 0.6 is 38.9 Å². The molecule has 5 heteroatoms. The van der Waals surface area contributed by atoms with Crippen molar-refractivity contribution < 1.29 is 4.39 Å². The van der Waals surface area contributed by atoms with Gasteiger partial charge in [-0.25, -0.2) is 4.39 Å². The second kappa shape index (κ2) is 6.04.